The Morgan fingerprint density at radius 1 is 1.21 bits per heavy atom. The minimum Gasteiger partial charge on any atom is -0.497 e. The largest absolute Gasteiger partial charge is 0.497 e. The lowest BCUT2D eigenvalue weighted by atomic mass is 9.95. The smallest absolute Gasteiger partial charge is 0.238 e. The summed E-state index contributed by atoms with van der Waals surface area (Å²) in [6.07, 6.45) is 7.03. The number of amides is 1. The lowest BCUT2D eigenvalue weighted by molar-refractivity contribution is -0.121. The first-order chi connectivity index (χ1) is 13.5. The number of ether oxygens (including phenoxy) is 2. The molecular weight excluding hydrogens is 360 g/mol. The molecule has 1 amide bonds. The van der Waals surface area contributed by atoms with Gasteiger partial charge in [0.2, 0.25) is 5.91 Å². The Bertz CT molecular complexity index is 1020. The fourth-order valence-electron chi connectivity index (χ4n) is 3.36. The van der Waals surface area contributed by atoms with E-state index in [1.807, 2.05) is 0 Å². The first-order valence-electron chi connectivity index (χ1n) is 8.63. The number of anilines is 1. The van der Waals surface area contributed by atoms with Crippen LogP contribution in [0.15, 0.2) is 58.9 Å². The Kier molecular flexibility index (Phi) is 4.31. The van der Waals surface area contributed by atoms with Crippen LogP contribution in [0, 0.1) is 11.3 Å². The average Bonchev–Trinajstić information content (AvgIpc) is 3.01. The zero-order valence-corrected chi connectivity index (χ0v) is 15.4. The molecule has 2 N–H and O–H groups in total. The van der Waals surface area contributed by atoms with Gasteiger partial charge < -0.3 is 19.7 Å². The van der Waals surface area contributed by atoms with E-state index >= 15 is 0 Å². The highest BCUT2D eigenvalue weighted by Crippen LogP contribution is 2.36. The van der Waals surface area contributed by atoms with Crippen molar-refractivity contribution in [2.45, 2.75) is 0 Å². The standard InChI is InChI=1S/C20H18N4O4/c1-27-11-7-8-16(28-2)14(9-11)24-10-15(25)17(18(24)21)19-22-13-6-4-3-5-12(13)20(26)23-19/h3-9,12,21H,10H2,1-2H3,(H,23,26)/b19-17-,21-18?. The lowest BCUT2D eigenvalue weighted by Crippen LogP contribution is -2.39. The monoisotopic (exact) mass is 378 g/mol. The quantitative estimate of drug-likeness (QED) is 0.778. The molecule has 142 valence electrons. The van der Waals surface area contributed by atoms with Crippen LogP contribution in [-0.4, -0.2) is 44.0 Å². The number of Topliss-reactive ketones (excluding diaryl/α,β-unsaturated/α-hetero) is 1. The number of methoxy groups -OCH3 is 2. The van der Waals surface area contributed by atoms with Crippen LogP contribution >= 0.6 is 0 Å². The molecule has 2 heterocycles. The molecule has 8 heteroatoms. The highest BCUT2D eigenvalue weighted by atomic mass is 16.5. The number of hydrogen-bond donors (Lipinski definition) is 2. The second-order valence-corrected chi connectivity index (χ2v) is 6.37. The Labute approximate surface area is 161 Å². The predicted molar refractivity (Wildman–Crippen MR) is 104 cm³/mol. The van der Waals surface area contributed by atoms with E-state index in [-0.39, 0.29) is 35.5 Å². The van der Waals surface area contributed by atoms with Crippen LogP contribution in [0.3, 0.4) is 0 Å². The summed E-state index contributed by atoms with van der Waals surface area (Å²) in [5.74, 6) is 0.0823. The average molecular weight is 378 g/mol. The Hall–Kier alpha value is -3.68. The van der Waals surface area contributed by atoms with E-state index in [0.717, 1.165) is 0 Å². The molecule has 0 bridgehead atoms. The number of aliphatic imine (C=N–C) groups is 1. The zero-order chi connectivity index (χ0) is 19.8. The molecule has 1 saturated heterocycles. The van der Waals surface area contributed by atoms with Crippen LogP contribution in [0.5, 0.6) is 11.5 Å². The summed E-state index contributed by atoms with van der Waals surface area (Å²) in [4.78, 5) is 31.1. The van der Waals surface area contributed by atoms with E-state index in [9.17, 15) is 9.59 Å². The molecule has 1 atom stereocenters. The summed E-state index contributed by atoms with van der Waals surface area (Å²) in [5.41, 5.74) is 1.16. The van der Waals surface area contributed by atoms with Crippen LogP contribution in [0.2, 0.25) is 0 Å². The van der Waals surface area contributed by atoms with Crippen molar-refractivity contribution in [3.63, 3.8) is 0 Å². The number of fused-ring (bicyclic) bond motifs is 1. The van der Waals surface area contributed by atoms with Gasteiger partial charge in [-0.1, -0.05) is 18.2 Å². The van der Waals surface area contributed by atoms with Gasteiger partial charge in [0, 0.05) is 6.07 Å². The molecule has 0 saturated carbocycles. The summed E-state index contributed by atoms with van der Waals surface area (Å²) >= 11 is 0. The molecule has 1 aliphatic carbocycles. The third-order valence-corrected chi connectivity index (χ3v) is 4.77. The molecule has 8 nitrogen and oxygen atoms in total. The van der Waals surface area contributed by atoms with Crippen molar-refractivity contribution in [2.24, 2.45) is 10.9 Å². The number of nitrogens with zero attached hydrogens (tertiary/aromatic N) is 2. The molecule has 1 aromatic carbocycles. The van der Waals surface area contributed by atoms with Gasteiger partial charge in [-0.25, -0.2) is 4.99 Å². The van der Waals surface area contributed by atoms with E-state index in [2.05, 4.69) is 10.3 Å². The maximum atomic E-state index is 12.7. The van der Waals surface area contributed by atoms with Gasteiger partial charge in [0.05, 0.1) is 38.1 Å². The highest BCUT2D eigenvalue weighted by molar-refractivity contribution is 6.34. The molecule has 0 spiro atoms. The van der Waals surface area contributed by atoms with E-state index in [4.69, 9.17) is 14.9 Å². The second-order valence-electron chi connectivity index (χ2n) is 6.37. The minimum atomic E-state index is -0.477. The first kappa shape index (κ1) is 17.7. The van der Waals surface area contributed by atoms with Gasteiger partial charge in [-0.2, -0.15) is 0 Å². The second kappa shape index (κ2) is 6.80. The van der Waals surface area contributed by atoms with E-state index in [1.54, 1.807) is 42.5 Å². The molecule has 3 aliphatic rings. The molecule has 0 radical (unpaired) electrons. The van der Waals surface area contributed by atoms with Crippen molar-refractivity contribution in [3.8, 4) is 11.5 Å². The van der Waals surface area contributed by atoms with Crippen LogP contribution in [-0.2, 0) is 9.59 Å². The number of rotatable bonds is 3. The van der Waals surface area contributed by atoms with Crippen LogP contribution < -0.4 is 19.7 Å². The van der Waals surface area contributed by atoms with Gasteiger partial charge in [0.15, 0.2) is 5.78 Å². The molecule has 2 aliphatic heterocycles. The number of carbonyl (C=O) groups excluding carboxylic acids is 2. The van der Waals surface area contributed by atoms with Gasteiger partial charge in [-0.3, -0.25) is 15.0 Å². The van der Waals surface area contributed by atoms with Gasteiger partial charge in [0.1, 0.15) is 28.7 Å². The molecule has 4 rings (SSSR count). The highest BCUT2D eigenvalue weighted by Gasteiger charge is 2.38. The molecule has 28 heavy (non-hydrogen) atoms. The predicted octanol–water partition coefficient (Wildman–Crippen LogP) is 1.59. The summed E-state index contributed by atoms with van der Waals surface area (Å²) in [5, 5.41) is 11.2. The van der Waals surface area contributed by atoms with E-state index < -0.39 is 5.92 Å². The topological polar surface area (TPSA) is 104 Å². The maximum Gasteiger partial charge on any atom is 0.238 e. The summed E-state index contributed by atoms with van der Waals surface area (Å²) < 4.78 is 10.6. The number of carbonyl (C=O) groups is 2. The SMILES string of the molecule is COc1ccc(OC)c(N2CC(=O)/C(=C3\N=C4C=CC=CC4C(=O)N3)C2=N)c1. The Morgan fingerprint density at radius 3 is 2.79 bits per heavy atom. The number of ketones is 1. The summed E-state index contributed by atoms with van der Waals surface area (Å²) in [6, 6.07) is 5.15. The third-order valence-electron chi connectivity index (χ3n) is 4.77. The van der Waals surface area contributed by atoms with Crippen molar-refractivity contribution in [3.05, 3.63) is 53.9 Å². The van der Waals surface area contributed by atoms with Crippen molar-refractivity contribution < 1.29 is 19.1 Å². The molecule has 1 unspecified atom stereocenters. The van der Waals surface area contributed by atoms with Crippen molar-refractivity contribution in [2.75, 3.05) is 25.7 Å². The zero-order valence-electron chi connectivity index (χ0n) is 15.4. The number of hydrogen-bond acceptors (Lipinski definition) is 6. The maximum absolute atomic E-state index is 12.7. The Morgan fingerprint density at radius 2 is 2.04 bits per heavy atom. The van der Waals surface area contributed by atoms with Gasteiger partial charge in [-0.15, -0.1) is 0 Å². The van der Waals surface area contributed by atoms with Gasteiger partial charge >= 0.3 is 0 Å². The summed E-state index contributed by atoms with van der Waals surface area (Å²) in [6.45, 7) is -0.0545. The number of benzene rings is 1. The fourth-order valence-corrected chi connectivity index (χ4v) is 3.36. The molecule has 1 fully saturated rings. The number of amidine groups is 1. The Balaban J connectivity index is 1.77. The fraction of sp³-hybridized carbons (Fsp3) is 0.200. The molecular formula is C20H18N4O4. The van der Waals surface area contributed by atoms with E-state index in [1.165, 1.54) is 19.1 Å². The first-order valence-corrected chi connectivity index (χ1v) is 8.63. The van der Waals surface area contributed by atoms with E-state index in [0.29, 0.717) is 22.9 Å². The van der Waals surface area contributed by atoms with Crippen LogP contribution in [0.25, 0.3) is 0 Å². The third kappa shape index (κ3) is 2.79. The summed E-state index contributed by atoms with van der Waals surface area (Å²) in [7, 11) is 3.05. The van der Waals surface area contributed by atoms with Gasteiger partial charge in [-0.05, 0) is 18.2 Å². The van der Waals surface area contributed by atoms with Crippen molar-refractivity contribution >= 4 is 28.9 Å². The number of nitrogens with one attached hydrogen (secondary N) is 2. The van der Waals surface area contributed by atoms with Crippen LogP contribution in [0.1, 0.15) is 0 Å². The normalized spacial score (nSPS) is 23.5. The van der Waals surface area contributed by atoms with Gasteiger partial charge in [0.25, 0.3) is 0 Å². The number of allylic oxidation sites excluding steroid dienone is 3. The van der Waals surface area contributed by atoms with Crippen molar-refractivity contribution in [1.82, 2.24) is 5.32 Å². The van der Waals surface area contributed by atoms with Crippen LogP contribution in [0.4, 0.5) is 5.69 Å². The minimum absolute atomic E-state index is 0.0509. The lowest BCUT2D eigenvalue weighted by Gasteiger charge is -2.23. The molecule has 0 aromatic heterocycles. The van der Waals surface area contributed by atoms with Crippen molar-refractivity contribution in [1.29, 1.82) is 5.41 Å². The molecule has 1 aromatic rings.